The lowest BCUT2D eigenvalue weighted by Gasteiger charge is -2.10. The Kier molecular flexibility index (Phi) is 4.58. The summed E-state index contributed by atoms with van der Waals surface area (Å²) in [4.78, 5) is 17.6. The van der Waals surface area contributed by atoms with Gasteiger partial charge in [0.05, 0.1) is 18.1 Å². The fourth-order valence-electron chi connectivity index (χ4n) is 1.16. The Morgan fingerprint density at radius 3 is 2.88 bits per heavy atom. The molecule has 2 N–H and O–H groups in total. The number of hydrogen-bond donors (Lipinski definition) is 2. The van der Waals surface area contributed by atoms with Crippen LogP contribution in [-0.4, -0.2) is 39.8 Å². The van der Waals surface area contributed by atoms with Gasteiger partial charge in [-0.2, -0.15) is 4.98 Å². The normalized spacial score (nSPS) is 11.9. The first kappa shape index (κ1) is 13.1. The molecule has 1 unspecified atom stereocenters. The van der Waals surface area contributed by atoms with Gasteiger partial charge in [0.15, 0.2) is 0 Å². The van der Waals surface area contributed by atoms with Gasteiger partial charge in [-0.1, -0.05) is 6.92 Å². The molecule has 0 radical (unpaired) electrons. The van der Waals surface area contributed by atoms with E-state index in [1.165, 1.54) is 7.11 Å². The van der Waals surface area contributed by atoms with E-state index in [-0.39, 0.29) is 23.9 Å². The van der Waals surface area contributed by atoms with Crippen molar-refractivity contribution in [2.24, 2.45) is 0 Å². The highest BCUT2D eigenvalue weighted by Crippen LogP contribution is 2.30. The summed E-state index contributed by atoms with van der Waals surface area (Å²) in [6.07, 6.45) is 1.12. The van der Waals surface area contributed by atoms with E-state index in [0.717, 1.165) is 6.33 Å². The van der Waals surface area contributed by atoms with Gasteiger partial charge in [0, 0.05) is 6.54 Å². The van der Waals surface area contributed by atoms with Gasteiger partial charge < -0.3 is 15.2 Å². The van der Waals surface area contributed by atoms with E-state index in [0.29, 0.717) is 6.42 Å². The first-order valence-electron chi connectivity index (χ1n) is 5.05. The number of aliphatic hydroxyl groups excluding tert-OH is 1. The van der Waals surface area contributed by atoms with Gasteiger partial charge in [0.2, 0.25) is 5.82 Å². The Balaban J connectivity index is 2.94. The summed E-state index contributed by atoms with van der Waals surface area (Å²) in [5.41, 5.74) is -0.335. The third kappa shape index (κ3) is 3.25. The molecule has 0 fully saturated rings. The average Bonchev–Trinajstić information content (AvgIpc) is 2.34. The van der Waals surface area contributed by atoms with Crippen molar-refractivity contribution in [1.82, 2.24) is 9.97 Å². The molecule has 0 spiro atoms. The SMILES string of the molecule is CCC(O)CNc1ncnc(OC)c1[N+](=O)[O-]. The van der Waals surface area contributed by atoms with Crippen LogP contribution in [0, 0.1) is 10.1 Å². The summed E-state index contributed by atoms with van der Waals surface area (Å²) in [6, 6.07) is 0. The van der Waals surface area contributed by atoms with E-state index in [1.807, 2.05) is 0 Å². The zero-order valence-electron chi connectivity index (χ0n) is 9.58. The van der Waals surface area contributed by atoms with Crippen molar-refractivity contribution < 1.29 is 14.8 Å². The molecule has 8 heteroatoms. The molecular weight excluding hydrogens is 228 g/mol. The van der Waals surface area contributed by atoms with Crippen LogP contribution in [0.15, 0.2) is 6.33 Å². The van der Waals surface area contributed by atoms with Crippen LogP contribution >= 0.6 is 0 Å². The highest BCUT2D eigenvalue weighted by atomic mass is 16.6. The molecule has 1 aromatic rings. The molecule has 0 aliphatic carbocycles. The first-order valence-corrected chi connectivity index (χ1v) is 5.05. The average molecular weight is 242 g/mol. The Morgan fingerprint density at radius 1 is 1.65 bits per heavy atom. The van der Waals surface area contributed by atoms with Crippen LogP contribution in [0.1, 0.15) is 13.3 Å². The second kappa shape index (κ2) is 5.94. The second-order valence-corrected chi connectivity index (χ2v) is 3.28. The molecule has 8 nitrogen and oxygen atoms in total. The molecule has 1 heterocycles. The van der Waals surface area contributed by atoms with Gasteiger partial charge in [0.1, 0.15) is 6.33 Å². The van der Waals surface area contributed by atoms with Crippen LogP contribution in [0.2, 0.25) is 0 Å². The molecule has 0 aromatic carbocycles. The lowest BCUT2D eigenvalue weighted by atomic mass is 10.3. The minimum absolute atomic E-state index is 0.0364. The van der Waals surface area contributed by atoms with Crippen LogP contribution in [0.25, 0.3) is 0 Å². The lowest BCUT2D eigenvalue weighted by molar-refractivity contribution is -0.385. The molecular formula is C9H14N4O4. The third-order valence-corrected chi connectivity index (χ3v) is 2.14. The first-order chi connectivity index (χ1) is 8.10. The predicted molar refractivity (Wildman–Crippen MR) is 60.0 cm³/mol. The molecule has 1 rings (SSSR count). The number of aromatic nitrogens is 2. The number of rotatable bonds is 6. The van der Waals surface area contributed by atoms with Crippen molar-refractivity contribution >= 4 is 11.5 Å². The zero-order chi connectivity index (χ0) is 12.8. The van der Waals surface area contributed by atoms with E-state index in [4.69, 9.17) is 4.74 Å². The summed E-state index contributed by atoms with van der Waals surface area (Å²) in [7, 11) is 1.29. The maximum atomic E-state index is 10.9. The third-order valence-electron chi connectivity index (χ3n) is 2.14. The number of aliphatic hydroxyl groups is 1. The number of ether oxygens (including phenoxy) is 1. The van der Waals surface area contributed by atoms with Gasteiger partial charge in [-0.25, -0.2) is 4.98 Å². The van der Waals surface area contributed by atoms with Gasteiger partial charge in [-0.3, -0.25) is 10.1 Å². The van der Waals surface area contributed by atoms with E-state index < -0.39 is 11.0 Å². The summed E-state index contributed by atoms with van der Waals surface area (Å²) in [5, 5.41) is 22.9. The number of anilines is 1. The standard InChI is InChI=1S/C9H14N4O4/c1-3-6(14)4-10-8-7(13(15)16)9(17-2)12-5-11-8/h5-6,14H,3-4H2,1-2H3,(H,10,11,12). The molecule has 0 aliphatic heterocycles. The summed E-state index contributed by atoms with van der Waals surface area (Å²) >= 11 is 0. The molecule has 0 amide bonds. The van der Waals surface area contributed by atoms with Crippen molar-refractivity contribution in [2.45, 2.75) is 19.4 Å². The summed E-state index contributed by atoms with van der Waals surface area (Å²) < 4.78 is 4.79. The number of methoxy groups -OCH3 is 1. The molecule has 17 heavy (non-hydrogen) atoms. The number of nitro groups is 1. The van der Waals surface area contributed by atoms with Crippen LogP contribution in [-0.2, 0) is 0 Å². The maximum Gasteiger partial charge on any atom is 0.372 e. The van der Waals surface area contributed by atoms with E-state index in [1.54, 1.807) is 6.92 Å². The fraction of sp³-hybridized carbons (Fsp3) is 0.556. The Bertz CT molecular complexity index is 399. The smallest absolute Gasteiger partial charge is 0.372 e. The molecule has 0 saturated heterocycles. The predicted octanol–water partition coefficient (Wildman–Crippen LogP) is 0.576. The number of nitrogens with zero attached hydrogens (tertiary/aromatic N) is 3. The Morgan fingerprint density at radius 2 is 2.35 bits per heavy atom. The van der Waals surface area contributed by atoms with Crippen LogP contribution in [0.5, 0.6) is 5.88 Å². The highest BCUT2D eigenvalue weighted by molar-refractivity contribution is 5.61. The number of hydrogen-bond acceptors (Lipinski definition) is 7. The van der Waals surface area contributed by atoms with E-state index >= 15 is 0 Å². The van der Waals surface area contributed by atoms with Crippen molar-refractivity contribution in [3.05, 3.63) is 16.4 Å². The molecule has 0 bridgehead atoms. The van der Waals surface area contributed by atoms with Crippen molar-refractivity contribution in [3.63, 3.8) is 0 Å². The minimum Gasteiger partial charge on any atom is -0.476 e. The summed E-state index contributed by atoms with van der Waals surface area (Å²) in [5.74, 6) is -0.0761. The van der Waals surface area contributed by atoms with Crippen molar-refractivity contribution in [3.8, 4) is 5.88 Å². The van der Waals surface area contributed by atoms with E-state index in [2.05, 4.69) is 15.3 Å². The monoisotopic (exact) mass is 242 g/mol. The van der Waals surface area contributed by atoms with Gasteiger partial charge in [-0.05, 0) is 6.42 Å². The van der Waals surface area contributed by atoms with Gasteiger partial charge >= 0.3 is 5.69 Å². The largest absolute Gasteiger partial charge is 0.476 e. The summed E-state index contributed by atoms with van der Waals surface area (Å²) in [6.45, 7) is 1.98. The molecule has 1 aromatic heterocycles. The van der Waals surface area contributed by atoms with Crippen molar-refractivity contribution in [1.29, 1.82) is 0 Å². The lowest BCUT2D eigenvalue weighted by Crippen LogP contribution is -2.19. The second-order valence-electron chi connectivity index (χ2n) is 3.28. The molecule has 0 aliphatic rings. The zero-order valence-corrected chi connectivity index (χ0v) is 9.58. The quantitative estimate of drug-likeness (QED) is 0.554. The van der Waals surface area contributed by atoms with Crippen LogP contribution in [0.4, 0.5) is 11.5 Å². The Labute approximate surface area is 97.8 Å². The van der Waals surface area contributed by atoms with Gasteiger partial charge in [-0.15, -0.1) is 0 Å². The maximum absolute atomic E-state index is 10.9. The Hall–Kier alpha value is -1.96. The number of nitrogens with one attached hydrogen (secondary N) is 1. The van der Waals surface area contributed by atoms with Crippen LogP contribution in [0.3, 0.4) is 0 Å². The minimum atomic E-state index is -0.626. The van der Waals surface area contributed by atoms with Crippen molar-refractivity contribution in [2.75, 3.05) is 19.0 Å². The van der Waals surface area contributed by atoms with Gasteiger partial charge in [0.25, 0.3) is 5.88 Å². The molecule has 1 atom stereocenters. The topological polar surface area (TPSA) is 110 Å². The van der Waals surface area contributed by atoms with E-state index in [9.17, 15) is 15.2 Å². The molecule has 94 valence electrons. The van der Waals surface area contributed by atoms with Crippen LogP contribution < -0.4 is 10.1 Å². The highest BCUT2D eigenvalue weighted by Gasteiger charge is 2.23. The molecule has 0 saturated carbocycles. The fourth-order valence-corrected chi connectivity index (χ4v) is 1.16.